The number of rotatable bonds is 4. The van der Waals surface area contributed by atoms with Gasteiger partial charge in [-0.3, -0.25) is 0 Å². The van der Waals surface area contributed by atoms with Gasteiger partial charge >= 0.3 is 0 Å². The van der Waals surface area contributed by atoms with E-state index >= 15 is 0 Å². The Morgan fingerprint density at radius 3 is 2.45 bits per heavy atom. The minimum absolute atomic E-state index is 0.155. The molecule has 0 atom stereocenters. The summed E-state index contributed by atoms with van der Waals surface area (Å²) in [4.78, 5) is 0.155. The molecule has 1 aromatic carbocycles. The van der Waals surface area contributed by atoms with Crippen LogP contribution in [0.15, 0.2) is 23.1 Å². The number of hydrogen-bond acceptors (Lipinski definition) is 5. The molecule has 1 aliphatic carbocycles. The van der Waals surface area contributed by atoms with Gasteiger partial charge in [-0.1, -0.05) is 0 Å². The molecule has 1 fully saturated rings. The first-order valence-electron chi connectivity index (χ1n) is 6.70. The van der Waals surface area contributed by atoms with E-state index in [2.05, 4.69) is 10.0 Å². The van der Waals surface area contributed by atoms with E-state index in [1.54, 1.807) is 6.07 Å². The Labute approximate surface area is 119 Å². The van der Waals surface area contributed by atoms with Crippen molar-refractivity contribution in [2.45, 2.75) is 42.7 Å². The molecule has 2 rings (SSSR count). The molecule has 7 heteroatoms. The first-order chi connectivity index (χ1) is 9.42. The van der Waals surface area contributed by atoms with Crippen molar-refractivity contribution in [3.63, 3.8) is 0 Å². The molecule has 0 heterocycles. The Morgan fingerprint density at radius 1 is 1.25 bits per heavy atom. The molecule has 1 aromatic rings. The van der Waals surface area contributed by atoms with Crippen LogP contribution in [0.3, 0.4) is 0 Å². The van der Waals surface area contributed by atoms with Crippen molar-refractivity contribution in [2.24, 2.45) is 0 Å². The maximum Gasteiger partial charge on any atom is 0.240 e. The van der Waals surface area contributed by atoms with Gasteiger partial charge in [-0.05, 0) is 50.9 Å². The topological polar surface area (TPSA) is 104 Å². The number of sulfonamides is 1. The van der Waals surface area contributed by atoms with E-state index in [0.29, 0.717) is 5.69 Å². The van der Waals surface area contributed by atoms with Crippen LogP contribution in [0.5, 0.6) is 0 Å². The lowest BCUT2D eigenvalue weighted by atomic mass is 9.93. The van der Waals surface area contributed by atoms with Gasteiger partial charge in [0.2, 0.25) is 10.0 Å². The SMILES string of the molecule is CNS(=O)(=O)c1ccc(NC2CCC(O)CC2)c(N)c1. The van der Waals surface area contributed by atoms with Gasteiger partial charge in [0.15, 0.2) is 0 Å². The van der Waals surface area contributed by atoms with Crippen molar-refractivity contribution >= 4 is 21.4 Å². The van der Waals surface area contributed by atoms with Gasteiger partial charge in [0.05, 0.1) is 22.4 Å². The molecular weight excluding hydrogens is 278 g/mol. The van der Waals surface area contributed by atoms with E-state index in [1.165, 1.54) is 19.2 Å². The predicted octanol–water partition coefficient (Wildman–Crippen LogP) is 0.892. The second-order valence-electron chi connectivity index (χ2n) is 5.11. The molecule has 0 saturated heterocycles. The summed E-state index contributed by atoms with van der Waals surface area (Å²) in [7, 11) is -2.10. The predicted molar refractivity (Wildman–Crippen MR) is 79.0 cm³/mol. The fraction of sp³-hybridized carbons (Fsp3) is 0.538. The normalized spacial score (nSPS) is 23.5. The average molecular weight is 299 g/mol. The van der Waals surface area contributed by atoms with Crippen LogP contribution in [-0.4, -0.2) is 32.7 Å². The number of hydrogen-bond donors (Lipinski definition) is 4. The number of aliphatic hydroxyl groups excluding tert-OH is 1. The molecule has 6 nitrogen and oxygen atoms in total. The highest BCUT2D eigenvalue weighted by Gasteiger charge is 2.20. The van der Waals surface area contributed by atoms with Crippen molar-refractivity contribution in [3.8, 4) is 0 Å². The van der Waals surface area contributed by atoms with Crippen LogP contribution in [-0.2, 0) is 10.0 Å². The third-order valence-corrected chi connectivity index (χ3v) is 5.07. The van der Waals surface area contributed by atoms with E-state index in [-0.39, 0.29) is 17.0 Å². The van der Waals surface area contributed by atoms with E-state index in [0.717, 1.165) is 31.4 Å². The van der Waals surface area contributed by atoms with Crippen LogP contribution < -0.4 is 15.8 Å². The molecule has 0 aliphatic heterocycles. The fourth-order valence-electron chi connectivity index (χ4n) is 2.40. The van der Waals surface area contributed by atoms with Crippen LogP contribution in [0.2, 0.25) is 0 Å². The number of nitrogens with two attached hydrogens (primary N) is 1. The average Bonchev–Trinajstić information content (AvgIpc) is 2.43. The smallest absolute Gasteiger partial charge is 0.240 e. The van der Waals surface area contributed by atoms with Crippen LogP contribution in [0, 0.1) is 0 Å². The van der Waals surface area contributed by atoms with Gasteiger partial charge in [0, 0.05) is 6.04 Å². The number of nitrogen functional groups attached to an aromatic ring is 1. The van der Waals surface area contributed by atoms with Crippen molar-refractivity contribution in [1.82, 2.24) is 4.72 Å². The molecular formula is C13H21N3O3S. The second-order valence-corrected chi connectivity index (χ2v) is 6.99. The van der Waals surface area contributed by atoms with Gasteiger partial charge < -0.3 is 16.2 Å². The van der Waals surface area contributed by atoms with Crippen LogP contribution in [0.4, 0.5) is 11.4 Å². The maximum absolute atomic E-state index is 11.7. The molecule has 112 valence electrons. The summed E-state index contributed by atoms with van der Waals surface area (Å²) in [5, 5.41) is 12.8. The minimum Gasteiger partial charge on any atom is -0.397 e. The Morgan fingerprint density at radius 2 is 1.90 bits per heavy atom. The highest BCUT2D eigenvalue weighted by atomic mass is 32.2. The summed E-state index contributed by atoms with van der Waals surface area (Å²) in [5.74, 6) is 0. The fourth-order valence-corrected chi connectivity index (χ4v) is 3.16. The molecule has 0 aromatic heterocycles. The Bertz CT molecular complexity index is 566. The zero-order valence-corrected chi connectivity index (χ0v) is 12.3. The van der Waals surface area contributed by atoms with Crippen LogP contribution >= 0.6 is 0 Å². The Balaban J connectivity index is 2.10. The summed E-state index contributed by atoms with van der Waals surface area (Å²) in [6.45, 7) is 0. The van der Waals surface area contributed by atoms with Gasteiger partial charge in [-0.15, -0.1) is 0 Å². The van der Waals surface area contributed by atoms with Crippen LogP contribution in [0.25, 0.3) is 0 Å². The van der Waals surface area contributed by atoms with E-state index < -0.39 is 10.0 Å². The molecule has 5 N–H and O–H groups in total. The summed E-state index contributed by atoms with van der Waals surface area (Å²) < 4.78 is 25.6. The first-order valence-corrected chi connectivity index (χ1v) is 8.18. The van der Waals surface area contributed by atoms with E-state index in [1.807, 2.05) is 0 Å². The monoisotopic (exact) mass is 299 g/mol. The lowest BCUT2D eigenvalue weighted by molar-refractivity contribution is 0.126. The third-order valence-electron chi connectivity index (χ3n) is 3.66. The standard InChI is InChI=1S/C13H21N3O3S/c1-15-20(18,19)11-6-7-13(12(14)8-11)16-9-2-4-10(17)5-3-9/h6-10,15-17H,2-5,14H2,1H3. The number of anilines is 2. The second kappa shape index (κ2) is 5.99. The molecule has 0 amide bonds. The zero-order chi connectivity index (χ0) is 14.8. The molecule has 0 spiro atoms. The highest BCUT2D eigenvalue weighted by molar-refractivity contribution is 7.89. The van der Waals surface area contributed by atoms with Crippen molar-refractivity contribution in [1.29, 1.82) is 0 Å². The Kier molecular flexibility index (Phi) is 4.52. The molecule has 0 radical (unpaired) electrons. The van der Waals surface area contributed by atoms with Crippen molar-refractivity contribution in [2.75, 3.05) is 18.1 Å². The molecule has 0 bridgehead atoms. The van der Waals surface area contributed by atoms with Crippen molar-refractivity contribution < 1.29 is 13.5 Å². The number of aliphatic hydroxyl groups is 1. The van der Waals surface area contributed by atoms with E-state index in [4.69, 9.17) is 5.73 Å². The summed E-state index contributed by atoms with van der Waals surface area (Å²) in [6.07, 6.45) is 3.13. The quantitative estimate of drug-likeness (QED) is 0.618. The van der Waals surface area contributed by atoms with Crippen LogP contribution in [0.1, 0.15) is 25.7 Å². The maximum atomic E-state index is 11.7. The minimum atomic E-state index is -3.47. The number of benzene rings is 1. The molecule has 0 unspecified atom stereocenters. The number of nitrogens with one attached hydrogen (secondary N) is 2. The van der Waals surface area contributed by atoms with E-state index in [9.17, 15) is 13.5 Å². The summed E-state index contributed by atoms with van der Waals surface area (Å²) >= 11 is 0. The molecule has 1 aliphatic rings. The molecule has 1 saturated carbocycles. The summed E-state index contributed by atoms with van der Waals surface area (Å²) in [5.41, 5.74) is 7.06. The first kappa shape index (κ1) is 15.1. The van der Waals surface area contributed by atoms with Gasteiger partial charge in [0.1, 0.15) is 0 Å². The van der Waals surface area contributed by atoms with Crippen molar-refractivity contribution in [3.05, 3.63) is 18.2 Å². The summed E-state index contributed by atoms with van der Waals surface area (Å²) in [6, 6.07) is 4.94. The van der Waals surface area contributed by atoms with Gasteiger partial charge in [0.25, 0.3) is 0 Å². The van der Waals surface area contributed by atoms with Gasteiger partial charge in [-0.2, -0.15) is 0 Å². The van der Waals surface area contributed by atoms with Gasteiger partial charge in [-0.25, -0.2) is 13.1 Å². The largest absolute Gasteiger partial charge is 0.397 e. The third kappa shape index (κ3) is 3.41. The lowest BCUT2D eigenvalue weighted by Gasteiger charge is -2.27. The lowest BCUT2D eigenvalue weighted by Crippen LogP contribution is -2.28. The highest BCUT2D eigenvalue weighted by Crippen LogP contribution is 2.27. The Hall–Kier alpha value is -1.31. The zero-order valence-electron chi connectivity index (χ0n) is 11.5. The molecule has 20 heavy (non-hydrogen) atoms.